The number of aliphatic hydroxyl groups excluding tert-OH is 1. The van der Waals surface area contributed by atoms with E-state index in [1.807, 2.05) is 30.3 Å². The lowest BCUT2D eigenvalue weighted by atomic mass is 10.1. The summed E-state index contributed by atoms with van der Waals surface area (Å²) in [6.45, 7) is 0. The summed E-state index contributed by atoms with van der Waals surface area (Å²) < 4.78 is 0. The molecule has 0 amide bonds. The van der Waals surface area contributed by atoms with E-state index in [4.69, 9.17) is 10.4 Å². The van der Waals surface area contributed by atoms with Crippen LogP contribution >= 0.6 is 0 Å². The first-order valence-electron chi connectivity index (χ1n) is 5.48. The van der Waals surface area contributed by atoms with Crippen molar-refractivity contribution in [3.8, 4) is 6.07 Å². The second-order valence-corrected chi connectivity index (χ2v) is 3.59. The lowest BCUT2D eigenvalue weighted by Crippen LogP contribution is -2.00. The van der Waals surface area contributed by atoms with Gasteiger partial charge in [0.2, 0.25) is 0 Å². The number of pyridine rings is 1. The predicted molar refractivity (Wildman–Crippen MR) is 63.4 cm³/mol. The zero-order valence-corrected chi connectivity index (χ0v) is 9.21. The van der Waals surface area contributed by atoms with Crippen LogP contribution in [0.15, 0.2) is 30.5 Å². The summed E-state index contributed by atoms with van der Waals surface area (Å²) in [6.07, 6.45) is 8.40. The number of nitriles is 1. The fourth-order valence-corrected chi connectivity index (χ4v) is 1.34. The molecule has 1 N–H and O–H groups in total. The minimum absolute atomic E-state index is 0.563. The molecule has 0 bridgehead atoms. The monoisotopic (exact) mass is 216 g/mol. The standard InChI is InChI=1S/C13H16N2O/c14-11-13(16)9-4-2-1-3-7-12-8-5-6-10-15-12/h3,5-8,10,13,16H,1-2,4,9H2/b7-3+. The molecule has 3 nitrogen and oxygen atoms in total. The molecule has 0 saturated heterocycles. The van der Waals surface area contributed by atoms with E-state index < -0.39 is 6.10 Å². The van der Waals surface area contributed by atoms with E-state index in [1.165, 1.54) is 0 Å². The van der Waals surface area contributed by atoms with Gasteiger partial charge in [-0.1, -0.05) is 12.1 Å². The van der Waals surface area contributed by atoms with Crippen molar-refractivity contribution in [2.75, 3.05) is 0 Å². The van der Waals surface area contributed by atoms with Crippen LogP contribution < -0.4 is 0 Å². The summed E-state index contributed by atoms with van der Waals surface area (Å²) in [5.41, 5.74) is 0.958. The Morgan fingerprint density at radius 3 is 3.00 bits per heavy atom. The van der Waals surface area contributed by atoms with Crippen LogP contribution in [-0.4, -0.2) is 16.2 Å². The predicted octanol–water partition coefficient (Wildman–Crippen LogP) is 2.54. The van der Waals surface area contributed by atoms with Crippen molar-refractivity contribution in [1.29, 1.82) is 5.26 Å². The van der Waals surface area contributed by atoms with Crippen molar-refractivity contribution < 1.29 is 5.11 Å². The Bertz CT molecular complexity index is 354. The summed E-state index contributed by atoms with van der Waals surface area (Å²) in [4.78, 5) is 4.17. The van der Waals surface area contributed by atoms with Gasteiger partial charge in [0.05, 0.1) is 11.8 Å². The van der Waals surface area contributed by atoms with Gasteiger partial charge in [0, 0.05) is 6.20 Å². The zero-order chi connectivity index (χ0) is 11.6. The van der Waals surface area contributed by atoms with Crippen LogP contribution in [0.4, 0.5) is 0 Å². The van der Waals surface area contributed by atoms with Crippen LogP contribution in [0.2, 0.25) is 0 Å². The number of aliphatic hydroxyl groups is 1. The van der Waals surface area contributed by atoms with Gasteiger partial charge < -0.3 is 5.11 Å². The Morgan fingerprint density at radius 2 is 2.31 bits per heavy atom. The molecule has 1 unspecified atom stereocenters. The number of unbranched alkanes of at least 4 members (excludes halogenated alkanes) is 2. The first-order valence-corrected chi connectivity index (χ1v) is 5.48. The fraction of sp³-hybridized carbons (Fsp3) is 0.385. The van der Waals surface area contributed by atoms with Gasteiger partial charge >= 0.3 is 0 Å². The molecule has 0 spiro atoms. The first-order chi connectivity index (χ1) is 7.83. The molecule has 0 aliphatic carbocycles. The van der Waals surface area contributed by atoms with E-state index in [9.17, 15) is 0 Å². The number of aromatic nitrogens is 1. The number of hydrogen-bond donors (Lipinski definition) is 1. The second kappa shape index (κ2) is 7.61. The molecule has 0 fully saturated rings. The second-order valence-electron chi connectivity index (χ2n) is 3.59. The first kappa shape index (κ1) is 12.4. The van der Waals surface area contributed by atoms with Gasteiger partial charge in [-0.2, -0.15) is 5.26 Å². The van der Waals surface area contributed by atoms with E-state index in [0.717, 1.165) is 25.0 Å². The van der Waals surface area contributed by atoms with Gasteiger partial charge in [-0.3, -0.25) is 4.98 Å². The van der Waals surface area contributed by atoms with Crippen molar-refractivity contribution in [1.82, 2.24) is 4.98 Å². The number of allylic oxidation sites excluding steroid dienone is 1. The van der Waals surface area contributed by atoms with Crippen molar-refractivity contribution in [2.24, 2.45) is 0 Å². The lowest BCUT2D eigenvalue weighted by Gasteiger charge is -1.99. The van der Waals surface area contributed by atoms with Crippen molar-refractivity contribution in [3.05, 3.63) is 36.2 Å². The van der Waals surface area contributed by atoms with Crippen LogP contribution in [-0.2, 0) is 0 Å². The van der Waals surface area contributed by atoms with E-state index >= 15 is 0 Å². The highest BCUT2D eigenvalue weighted by Crippen LogP contribution is 2.05. The molecular weight excluding hydrogens is 200 g/mol. The topological polar surface area (TPSA) is 56.9 Å². The third kappa shape index (κ3) is 5.28. The van der Waals surface area contributed by atoms with Crippen LogP contribution in [0.3, 0.4) is 0 Å². The normalized spacial score (nSPS) is 12.5. The van der Waals surface area contributed by atoms with Gasteiger partial charge in [0.15, 0.2) is 0 Å². The molecule has 1 aromatic heterocycles. The number of nitrogens with zero attached hydrogens (tertiary/aromatic N) is 2. The Hall–Kier alpha value is -1.66. The molecule has 84 valence electrons. The molecule has 0 saturated carbocycles. The van der Waals surface area contributed by atoms with Gasteiger partial charge in [0.25, 0.3) is 0 Å². The van der Waals surface area contributed by atoms with Crippen molar-refractivity contribution in [3.63, 3.8) is 0 Å². The third-order valence-corrected chi connectivity index (χ3v) is 2.22. The maximum atomic E-state index is 9.00. The molecule has 0 aliphatic rings. The number of hydrogen-bond acceptors (Lipinski definition) is 3. The fourth-order valence-electron chi connectivity index (χ4n) is 1.34. The summed E-state index contributed by atoms with van der Waals surface area (Å²) in [6, 6.07) is 7.61. The SMILES string of the molecule is N#CC(O)CCCC/C=C/c1ccccn1. The maximum absolute atomic E-state index is 9.00. The van der Waals surface area contributed by atoms with Crippen molar-refractivity contribution in [2.45, 2.75) is 31.8 Å². The smallest absolute Gasteiger partial charge is 0.140 e. The Balaban J connectivity index is 2.12. The Morgan fingerprint density at radius 1 is 1.44 bits per heavy atom. The minimum Gasteiger partial charge on any atom is -0.378 e. The molecule has 1 aromatic rings. The third-order valence-electron chi connectivity index (χ3n) is 2.22. The maximum Gasteiger partial charge on any atom is 0.140 e. The van der Waals surface area contributed by atoms with Gasteiger partial charge in [-0.15, -0.1) is 0 Å². The highest BCUT2D eigenvalue weighted by atomic mass is 16.3. The molecule has 1 atom stereocenters. The molecule has 0 aliphatic heterocycles. The molecule has 1 rings (SSSR count). The summed E-state index contributed by atoms with van der Waals surface area (Å²) in [5.74, 6) is 0. The highest BCUT2D eigenvalue weighted by Gasteiger charge is 1.98. The molecular formula is C13H16N2O. The molecule has 0 radical (unpaired) electrons. The van der Waals surface area contributed by atoms with Crippen molar-refractivity contribution >= 4 is 6.08 Å². The summed E-state index contributed by atoms with van der Waals surface area (Å²) in [5, 5.41) is 17.4. The largest absolute Gasteiger partial charge is 0.378 e. The Kier molecular flexibility index (Phi) is 5.90. The average Bonchev–Trinajstić information content (AvgIpc) is 2.34. The Labute approximate surface area is 96.1 Å². The van der Waals surface area contributed by atoms with E-state index in [1.54, 1.807) is 6.20 Å². The van der Waals surface area contributed by atoms with E-state index in [-0.39, 0.29) is 0 Å². The highest BCUT2D eigenvalue weighted by molar-refractivity contribution is 5.43. The molecule has 3 heteroatoms. The lowest BCUT2D eigenvalue weighted by molar-refractivity contribution is 0.215. The quantitative estimate of drug-likeness (QED) is 0.587. The number of rotatable bonds is 6. The van der Waals surface area contributed by atoms with E-state index in [2.05, 4.69) is 11.1 Å². The van der Waals surface area contributed by atoms with Crippen LogP contribution in [0.25, 0.3) is 6.08 Å². The molecule has 1 heterocycles. The minimum atomic E-state index is -0.806. The van der Waals surface area contributed by atoms with E-state index in [0.29, 0.717) is 6.42 Å². The average molecular weight is 216 g/mol. The summed E-state index contributed by atoms with van der Waals surface area (Å²) in [7, 11) is 0. The molecule has 0 aromatic carbocycles. The van der Waals surface area contributed by atoms with Crippen LogP contribution in [0.1, 0.15) is 31.4 Å². The van der Waals surface area contributed by atoms with Crippen LogP contribution in [0.5, 0.6) is 0 Å². The van der Waals surface area contributed by atoms with Gasteiger partial charge in [-0.25, -0.2) is 0 Å². The van der Waals surface area contributed by atoms with Gasteiger partial charge in [-0.05, 0) is 43.9 Å². The zero-order valence-electron chi connectivity index (χ0n) is 9.21. The van der Waals surface area contributed by atoms with Gasteiger partial charge in [0.1, 0.15) is 6.10 Å². The molecule has 16 heavy (non-hydrogen) atoms. The summed E-state index contributed by atoms with van der Waals surface area (Å²) >= 11 is 0. The van der Waals surface area contributed by atoms with Crippen LogP contribution in [0, 0.1) is 11.3 Å².